The Labute approximate surface area is 98.3 Å². The van der Waals surface area contributed by atoms with E-state index in [0.717, 1.165) is 0 Å². The average molecular weight is 245 g/mol. The van der Waals surface area contributed by atoms with Gasteiger partial charge < -0.3 is 10.5 Å². The summed E-state index contributed by atoms with van der Waals surface area (Å²) in [5, 5.41) is 9.46. The van der Waals surface area contributed by atoms with Crippen LogP contribution in [-0.2, 0) is 0 Å². The lowest BCUT2D eigenvalue weighted by atomic mass is 10.2. The molecule has 0 bridgehead atoms. The third-order valence-electron chi connectivity index (χ3n) is 1.75. The fourth-order valence-corrected chi connectivity index (χ4v) is 1.42. The van der Waals surface area contributed by atoms with Crippen LogP contribution in [-0.4, -0.2) is 12.6 Å². The minimum Gasteiger partial charge on any atom is -0.492 e. The third kappa shape index (κ3) is 3.96. The number of nitriles is 1. The van der Waals surface area contributed by atoms with Gasteiger partial charge in [-0.15, -0.1) is 0 Å². The molecule has 0 radical (unpaired) electrons. The zero-order chi connectivity index (χ0) is 11.3. The standard InChI is InChI=1S/C10H10Cl2N2O/c11-7-1-2-10(9(12)5-7)15-4-3-8(14)6-13/h1-2,5,8H,3-4,14H2. The quantitative estimate of drug-likeness (QED) is 0.886. The Bertz CT molecular complexity index is 376. The van der Waals surface area contributed by atoms with Crippen molar-refractivity contribution in [2.24, 2.45) is 5.73 Å². The lowest BCUT2D eigenvalue weighted by molar-refractivity contribution is 0.306. The molecule has 80 valence electrons. The lowest BCUT2D eigenvalue weighted by Crippen LogP contribution is -2.20. The van der Waals surface area contributed by atoms with Crippen LogP contribution in [0.1, 0.15) is 6.42 Å². The monoisotopic (exact) mass is 244 g/mol. The average Bonchev–Trinajstić information content (AvgIpc) is 2.21. The first-order valence-corrected chi connectivity index (χ1v) is 5.12. The van der Waals surface area contributed by atoms with Crippen molar-refractivity contribution in [3.05, 3.63) is 28.2 Å². The number of nitrogens with zero attached hydrogens (tertiary/aromatic N) is 1. The highest BCUT2D eigenvalue weighted by Gasteiger charge is 2.04. The van der Waals surface area contributed by atoms with Crippen molar-refractivity contribution in [2.45, 2.75) is 12.5 Å². The van der Waals surface area contributed by atoms with E-state index in [1.807, 2.05) is 6.07 Å². The molecule has 0 aliphatic carbocycles. The summed E-state index contributed by atoms with van der Waals surface area (Å²) in [4.78, 5) is 0. The summed E-state index contributed by atoms with van der Waals surface area (Å²) in [6.07, 6.45) is 0.468. The molecule has 1 atom stereocenters. The number of hydrogen-bond acceptors (Lipinski definition) is 3. The predicted octanol–water partition coefficient (Wildman–Crippen LogP) is 2.61. The third-order valence-corrected chi connectivity index (χ3v) is 2.28. The molecule has 0 aliphatic heterocycles. The number of nitrogens with two attached hydrogens (primary N) is 1. The van der Waals surface area contributed by atoms with Gasteiger partial charge in [-0.05, 0) is 18.2 Å². The van der Waals surface area contributed by atoms with Crippen molar-refractivity contribution in [3.8, 4) is 11.8 Å². The molecular weight excluding hydrogens is 235 g/mol. The van der Waals surface area contributed by atoms with E-state index in [-0.39, 0.29) is 0 Å². The second-order valence-electron chi connectivity index (χ2n) is 2.95. The van der Waals surface area contributed by atoms with Gasteiger partial charge in [-0.3, -0.25) is 0 Å². The summed E-state index contributed by atoms with van der Waals surface area (Å²) in [5.41, 5.74) is 5.40. The SMILES string of the molecule is N#CC(N)CCOc1ccc(Cl)cc1Cl. The highest BCUT2D eigenvalue weighted by atomic mass is 35.5. The van der Waals surface area contributed by atoms with E-state index >= 15 is 0 Å². The number of rotatable bonds is 4. The van der Waals surface area contributed by atoms with Gasteiger partial charge in [0.05, 0.1) is 23.7 Å². The smallest absolute Gasteiger partial charge is 0.137 e. The van der Waals surface area contributed by atoms with E-state index in [0.29, 0.717) is 28.8 Å². The molecule has 0 spiro atoms. The van der Waals surface area contributed by atoms with Gasteiger partial charge in [-0.2, -0.15) is 5.26 Å². The van der Waals surface area contributed by atoms with E-state index in [9.17, 15) is 0 Å². The van der Waals surface area contributed by atoms with Crippen molar-refractivity contribution in [1.82, 2.24) is 0 Å². The van der Waals surface area contributed by atoms with Crippen molar-refractivity contribution in [2.75, 3.05) is 6.61 Å². The van der Waals surface area contributed by atoms with Gasteiger partial charge in [0.25, 0.3) is 0 Å². The van der Waals surface area contributed by atoms with Crippen molar-refractivity contribution < 1.29 is 4.74 Å². The highest BCUT2D eigenvalue weighted by Crippen LogP contribution is 2.27. The van der Waals surface area contributed by atoms with Crippen LogP contribution in [0.4, 0.5) is 0 Å². The normalized spacial score (nSPS) is 11.9. The fourth-order valence-electron chi connectivity index (χ4n) is 0.953. The molecule has 0 aromatic heterocycles. The molecule has 0 fully saturated rings. The Hall–Kier alpha value is -0.950. The summed E-state index contributed by atoms with van der Waals surface area (Å²) in [7, 11) is 0. The molecular formula is C10H10Cl2N2O. The Morgan fingerprint density at radius 1 is 1.47 bits per heavy atom. The molecule has 3 nitrogen and oxygen atoms in total. The number of hydrogen-bond donors (Lipinski definition) is 1. The van der Waals surface area contributed by atoms with Crippen molar-refractivity contribution >= 4 is 23.2 Å². The molecule has 5 heteroatoms. The predicted molar refractivity (Wildman–Crippen MR) is 60.2 cm³/mol. The summed E-state index contributed by atoms with van der Waals surface area (Å²) in [6, 6.07) is 6.39. The molecule has 1 aromatic rings. The second-order valence-corrected chi connectivity index (χ2v) is 3.79. The van der Waals surface area contributed by atoms with E-state index in [1.165, 1.54) is 0 Å². The van der Waals surface area contributed by atoms with Crippen LogP contribution >= 0.6 is 23.2 Å². The Morgan fingerprint density at radius 2 is 2.20 bits per heavy atom. The van der Waals surface area contributed by atoms with Crippen LogP contribution in [0.25, 0.3) is 0 Å². The van der Waals surface area contributed by atoms with E-state index < -0.39 is 6.04 Å². The van der Waals surface area contributed by atoms with Gasteiger partial charge in [-0.25, -0.2) is 0 Å². The van der Waals surface area contributed by atoms with Crippen LogP contribution in [0.5, 0.6) is 5.75 Å². The molecule has 1 unspecified atom stereocenters. The van der Waals surface area contributed by atoms with Gasteiger partial charge in [0, 0.05) is 11.4 Å². The molecule has 2 N–H and O–H groups in total. The largest absolute Gasteiger partial charge is 0.492 e. The topological polar surface area (TPSA) is 59.0 Å². The van der Waals surface area contributed by atoms with Crippen molar-refractivity contribution in [1.29, 1.82) is 5.26 Å². The summed E-state index contributed by atoms with van der Waals surface area (Å²) in [6.45, 7) is 0.357. The maximum absolute atomic E-state index is 8.45. The van der Waals surface area contributed by atoms with Gasteiger partial charge in [0.15, 0.2) is 0 Å². The zero-order valence-electron chi connectivity index (χ0n) is 7.91. The first-order chi connectivity index (χ1) is 7.13. The first-order valence-electron chi connectivity index (χ1n) is 4.36. The first kappa shape index (κ1) is 12.1. The van der Waals surface area contributed by atoms with E-state index in [2.05, 4.69) is 0 Å². The van der Waals surface area contributed by atoms with Gasteiger partial charge in [-0.1, -0.05) is 23.2 Å². The Morgan fingerprint density at radius 3 is 2.80 bits per heavy atom. The minimum absolute atomic E-state index is 0.357. The molecule has 0 aliphatic rings. The lowest BCUT2D eigenvalue weighted by Gasteiger charge is -2.08. The maximum Gasteiger partial charge on any atom is 0.137 e. The number of halogens is 2. The van der Waals surface area contributed by atoms with Gasteiger partial charge >= 0.3 is 0 Å². The Balaban J connectivity index is 2.48. The summed E-state index contributed by atoms with van der Waals surface area (Å²) >= 11 is 11.6. The molecule has 15 heavy (non-hydrogen) atoms. The number of benzene rings is 1. The van der Waals surface area contributed by atoms with Crippen LogP contribution in [0.15, 0.2) is 18.2 Å². The van der Waals surface area contributed by atoms with Gasteiger partial charge in [0.2, 0.25) is 0 Å². The van der Waals surface area contributed by atoms with Crippen LogP contribution in [0.3, 0.4) is 0 Å². The molecule has 1 rings (SSSR count). The molecule has 0 heterocycles. The maximum atomic E-state index is 8.45. The second kappa shape index (κ2) is 5.82. The number of ether oxygens (including phenoxy) is 1. The van der Waals surface area contributed by atoms with Crippen LogP contribution < -0.4 is 10.5 Å². The fraction of sp³-hybridized carbons (Fsp3) is 0.300. The van der Waals surface area contributed by atoms with E-state index in [4.69, 9.17) is 38.9 Å². The highest BCUT2D eigenvalue weighted by molar-refractivity contribution is 6.35. The molecule has 1 aromatic carbocycles. The molecule has 0 saturated heterocycles. The molecule has 0 amide bonds. The summed E-state index contributed by atoms with van der Waals surface area (Å²) < 4.78 is 5.34. The Kier molecular flexibility index (Phi) is 4.70. The molecule has 0 saturated carbocycles. The van der Waals surface area contributed by atoms with Crippen LogP contribution in [0.2, 0.25) is 10.0 Å². The van der Waals surface area contributed by atoms with Gasteiger partial charge in [0.1, 0.15) is 5.75 Å². The minimum atomic E-state index is -0.504. The summed E-state index contributed by atoms with van der Waals surface area (Å²) in [5.74, 6) is 0.547. The zero-order valence-corrected chi connectivity index (χ0v) is 9.42. The van der Waals surface area contributed by atoms with E-state index in [1.54, 1.807) is 18.2 Å². The van der Waals surface area contributed by atoms with Crippen molar-refractivity contribution in [3.63, 3.8) is 0 Å². The van der Waals surface area contributed by atoms with Crippen LogP contribution in [0, 0.1) is 11.3 Å².